The molecule has 0 unspecified atom stereocenters. The normalized spacial score (nSPS) is 10.8. The number of thioether (sulfide) groups is 1. The predicted octanol–water partition coefficient (Wildman–Crippen LogP) is 3.81. The van der Waals surface area contributed by atoms with Gasteiger partial charge in [-0.3, -0.25) is 0 Å². The second kappa shape index (κ2) is 4.16. The molecular weight excluding hydrogens is 196 g/mol. The molecule has 0 aliphatic carbocycles. The highest BCUT2D eigenvalue weighted by molar-refractivity contribution is 7.98. The van der Waals surface area contributed by atoms with Crippen LogP contribution in [0.3, 0.4) is 0 Å². The molecule has 0 saturated heterocycles. The summed E-state index contributed by atoms with van der Waals surface area (Å²) in [5.74, 6) is 1.23. The molecular formula is C11H12S2. The summed E-state index contributed by atoms with van der Waals surface area (Å²) in [6, 6.07) is 10.9. The lowest BCUT2D eigenvalue weighted by Crippen LogP contribution is -1.81. The second-order valence-electron chi connectivity index (χ2n) is 2.99. The van der Waals surface area contributed by atoms with E-state index in [0.29, 0.717) is 0 Å². The van der Waals surface area contributed by atoms with Gasteiger partial charge in [0.2, 0.25) is 0 Å². The van der Waals surface area contributed by atoms with E-state index in [1.165, 1.54) is 27.1 Å². The Hall–Kier alpha value is -0.470. The molecule has 1 aromatic heterocycles. The summed E-state index contributed by atoms with van der Waals surface area (Å²) in [7, 11) is 0. The van der Waals surface area contributed by atoms with Gasteiger partial charge in [0.05, 0.1) is 0 Å². The SMILES string of the molecule is CSCCc1cc2ccccc2s1. The molecule has 0 radical (unpaired) electrons. The number of hydrogen-bond donors (Lipinski definition) is 0. The van der Waals surface area contributed by atoms with E-state index >= 15 is 0 Å². The van der Waals surface area contributed by atoms with Crippen molar-refractivity contribution in [2.45, 2.75) is 6.42 Å². The van der Waals surface area contributed by atoms with Crippen LogP contribution >= 0.6 is 23.1 Å². The van der Waals surface area contributed by atoms with Gasteiger partial charge in [-0.2, -0.15) is 11.8 Å². The van der Waals surface area contributed by atoms with Gasteiger partial charge in [-0.15, -0.1) is 11.3 Å². The Morgan fingerprint density at radius 3 is 2.92 bits per heavy atom. The third kappa shape index (κ3) is 2.06. The summed E-state index contributed by atoms with van der Waals surface area (Å²) in [6.07, 6.45) is 3.37. The van der Waals surface area contributed by atoms with Gasteiger partial charge in [-0.05, 0) is 35.9 Å². The van der Waals surface area contributed by atoms with E-state index in [1.807, 2.05) is 23.1 Å². The van der Waals surface area contributed by atoms with Gasteiger partial charge in [0.15, 0.2) is 0 Å². The van der Waals surface area contributed by atoms with Crippen molar-refractivity contribution in [1.29, 1.82) is 0 Å². The standard InChI is InChI=1S/C11H12S2/c1-12-7-6-10-8-9-4-2-3-5-11(9)13-10/h2-5,8H,6-7H2,1H3. The molecule has 0 fully saturated rings. The van der Waals surface area contributed by atoms with E-state index in [0.717, 1.165) is 0 Å². The molecule has 0 bridgehead atoms. The van der Waals surface area contributed by atoms with Crippen molar-refractivity contribution in [2.75, 3.05) is 12.0 Å². The van der Waals surface area contributed by atoms with Crippen LogP contribution < -0.4 is 0 Å². The highest BCUT2D eigenvalue weighted by Crippen LogP contribution is 2.25. The van der Waals surface area contributed by atoms with Crippen LogP contribution in [0.25, 0.3) is 10.1 Å². The minimum Gasteiger partial charge on any atom is -0.165 e. The molecule has 0 nitrogen and oxygen atoms in total. The molecule has 2 heteroatoms. The van der Waals surface area contributed by atoms with Gasteiger partial charge in [0.1, 0.15) is 0 Å². The number of benzene rings is 1. The average Bonchev–Trinajstić information content (AvgIpc) is 2.57. The zero-order valence-corrected chi connectivity index (χ0v) is 9.25. The second-order valence-corrected chi connectivity index (χ2v) is 5.15. The lowest BCUT2D eigenvalue weighted by atomic mass is 10.2. The molecule has 13 heavy (non-hydrogen) atoms. The lowest BCUT2D eigenvalue weighted by Gasteiger charge is -1.90. The monoisotopic (exact) mass is 208 g/mol. The zero-order chi connectivity index (χ0) is 9.10. The maximum atomic E-state index is 2.32. The van der Waals surface area contributed by atoms with Gasteiger partial charge in [0.25, 0.3) is 0 Å². The molecule has 0 saturated carbocycles. The van der Waals surface area contributed by atoms with E-state index in [9.17, 15) is 0 Å². The van der Waals surface area contributed by atoms with Crippen molar-refractivity contribution < 1.29 is 0 Å². The summed E-state index contributed by atoms with van der Waals surface area (Å²) < 4.78 is 1.42. The fourth-order valence-electron chi connectivity index (χ4n) is 1.36. The molecule has 1 heterocycles. The van der Waals surface area contributed by atoms with Crippen LogP contribution in [0, 0.1) is 0 Å². The third-order valence-electron chi connectivity index (χ3n) is 2.03. The van der Waals surface area contributed by atoms with E-state index in [1.54, 1.807) is 0 Å². The Kier molecular flexibility index (Phi) is 2.91. The molecule has 0 N–H and O–H groups in total. The largest absolute Gasteiger partial charge is 0.165 e. The molecule has 1 aromatic carbocycles. The van der Waals surface area contributed by atoms with Crippen molar-refractivity contribution in [3.63, 3.8) is 0 Å². The Morgan fingerprint density at radius 2 is 2.15 bits per heavy atom. The minimum absolute atomic E-state index is 1.21. The fourth-order valence-corrected chi connectivity index (χ4v) is 2.98. The smallest absolute Gasteiger partial charge is 0.0345 e. The highest BCUT2D eigenvalue weighted by atomic mass is 32.2. The number of rotatable bonds is 3. The van der Waals surface area contributed by atoms with Crippen molar-refractivity contribution >= 4 is 33.2 Å². The van der Waals surface area contributed by atoms with Gasteiger partial charge >= 0.3 is 0 Å². The van der Waals surface area contributed by atoms with Crippen molar-refractivity contribution in [1.82, 2.24) is 0 Å². The number of fused-ring (bicyclic) bond motifs is 1. The van der Waals surface area contributed by atoms with Crippen molar-refractivity contribution in [3.8, 4) is 0 Å². The maximum Gasteiger partial charge on any atom is 0.0345 e. The number of hydrogen-bond acceptors (Lipinski definition) is 2. The van der Waals surface area contributed by atoms with Crippen LogP contribution in [0.2, 0.25) is 0 Å². The fraction of sp³-hybridized carbons (Fsp3) is 0.273. The summed E-state index contributed by atoms with van der Waals surface area (Å²) >= 11 is 3.84. The quantitative estimate of drug-likeness (QED) is 0.739. The minimum atomic E-state index is 1.21. The van der Waals surface area contributed by atoms with Crippen LogP contribution in [-0.2, 0) is 6.42 Å². The summed E-state index contributed by atoms with van der Waals surface area (Å²) in [5.41, 5.74) is 0. The van der Waals surface area contributed by atoms with E-state index in [2.05, 4.69) is 36.6 Å². The van der Waals surface area contributed by atoms with Crippen LogP contribution in [0.5, 0.6) is 0 Å². The van der Waals surface area contributed by atoms with E-state index in [-0.39, 0.29) is 0 Å². The molecule has 2 aromatic rings. The molecule has 0 aliphatic rings. The molecule has 0 spiro atoms. The molecule has 0 atom stereocenters. The van der Waals surface area contributed by atoms with Crippen LogP contribution in [-0.4, -0.2) is 12.0 Å². The Labute approximate surface area is 87.0 Å². The van der Waals surface area contributed by atoms with Gasteiger partial charge in [-0.25, -0.2) is 0 Å². The van der Waals surface area contributed by atoms with Crippen LogP contribution in [0.15, 0.2) is 30.3 Å². The first-order valence-electron chi connectivity index (χ1n) is 4.36. The molecule has 0 amide bonds. The van der Waals surface area contributed by atoms with E-state index < -0.39 is 0 Å². The topological polar surface area (TPSA) is 0 Å². The summed E-state index contributed by atoms with van der Waals surface area (Å²) in [4.78, 5) is 1.51. The summed E-state index contributed by atoms with van der Waals surface area (Å²) in [6.45, 7) is 0. The number of aryl methyl sites for hydroxylation is 1. The van der Waals surface area contributed by atoms with Crippen LogP contribution in [0.4, 0.5) is 0 Å². The lowest BCUT2D eigenvalue weighted by molar-refractivity contribution is 1.21. The Bertz CT molecular complexity index is 357. The van der Waals surface area contributed by atoms with Gasteiger partial charge in [0, 0.05) is 9.58 Å². The first-order valence-corrected chi connectivity index (χ1v) is 6.57. The molecule has 0 aliphatic heterocycles. The first-order chi connectivity index (χ1) is 6.40. The maximum absolute atomic E-state index is 2.32. The van der Waals surface area contributed by atoms with Crippen molar-refractivity contribution in [2.24, 2.45) is 0 Å². The average molecular weight is 208 g/mol. The Balaban J connectivity index is 2.28. The van der Waals surface area contributed by atoms with Gasteiger partial charge in [-0.1, -0.05) is 18.2 Å². The first kappa shape index (κ1) is 9.10. The summed E-state index contributed by atoms with van der Waals surface area (Å²) in [5, 5.41) is 1.39. The van der Waals surface area contributed by atoms with Crippen LogP contribution in [0.1, 0.15) is 4.88 Å². The molecule has 68 valence electrons. The van der Waals surface area contributed by atoms with E-state index in [4.69, 9.17) is 0 Å². The highest BCUT2D eigenvalue weighted by Gasteiger charge is 1.99. The third-order valence-corrected chi connectivity index (χ3v) is 3.82. The number of thiophene rings is 1. The zero-order valence-electron chi connectivity index (χ0n) is 7.62. The Morgan fingerprint density at radius 1 is 1.31 bits per heavy atom. The van der Waals surface area contributed by atoms with Crippen molar-refractivity contribution in [3.05, 3.63) is 35.2 Å². The molecule has 2 rings (SSSR count). The predicted molar refractivity (Wildman–Crippen MR) is 63.9 cm³/mol. The van der Waals surface area contributed by atoms with Gasteiger partial charge < -0.3 is 0 Å².